The number of fused-ring (bicyclic) bond motifs is 2. The summed E-state index contributed by atoms with van der Waals surface area (Å²) >= 11 is 6.30. The molecule has 1 heterocycles. The number of aromatic hydroxyl groups is 2. The van der Waals surface area contributed by atoms with Crippen molar-refractivity contribution in [2.45, 2.75) is 6.54 Å². The lowest BCUT2D eigenvalue weighted by Crippen LogP contribution is -2.26. The van der Waals surface area contributed by atoms with Gasteiger partial charge in [-0.15, -0.1) is 0 Å². The molecule has 0 radical (unpaired) electrons. The molecule has 0 unspecified atom stereocenters. The van der Waals surface area contributed by atoms with Crippen molar-refractivity contribution in [1.29, 1.82) is 0 Å². The summed E-state index contributed by atoms with van der Waals surface area (Å²) < 4.78 is 1.75. The van der Waals surface area contributed by atoms with E-state index < -0.39 is 5.78 Å². The van der Waals surface area contributed by atoms with E-state index in [2.05, 4.69) is 5.10 Å². The van der Waals surface area contributed by atoms with Gasteiger partial charge in [-0.2, -0.15) is 5.10 Å². The third-order valence-corrected chi connectivity index (χ3v) is 5.21. The normalized spacial score (nSPS) is 12.8. The van der Waals surface area contributed by atoms with Gasteiger partial charge in [0, 0.05) is 18.5 Å². The average molecular weight is 388 g/mol. The number of ketones is 1. The minimum Gasteiger partial charge on any atom is -0.507 e. The Morgan fingerprint density at radius 2 is 1.78 bits per heavy atom. The molecule has 1 aliphatic carbocycles. The van der Waals surface area contributed by atoms with Crippen molar-refractivity contribution < 1.29 is 20.1 Å². The summed E-state index contributed by atoms with van der Waals surface area (Å²) in [5, 5.41) is 35.1. The fourth-order valence-corrected chi connectivity index (χ4v) is 3.78. The quantitative estimate of drug-likeness (QED) is 0.454. The van der Waals surface area contributed by atoms with E-state index in [0.29, 0.717) is 30.7 Å². The van der Waals surface area contributed by atoms with Gasteiger partial charge in [-0.1, -0.05) is 11.6 Å². The van der Waals surface area contributed by atoms with Crippen LogP contribution in [0.1, 0.15) is 15.9 Å². The molecule has 2 aromatic carbocycles. The van der Waals surface area contributed by atoms with Crippen molar-refractivity contribution >= 4 is 28.3 Å². The summed E-state index contributed by atoms with van der Waals surface area (Å²) in [5.74, 6) is -0.770. The summed E-state index contributed by atoms with van der Waals surface area (Å²) in [6, 6.07) is 6.06. The SMILES string of the molecule is CN(CCO)CCn1nc2c3c(c(Cl)ccc31)C(=O)c1c(O)ccc(O)c1-2. The largest absolute Gasteiger partial charge is 0.507 e. The highest BCUT2D eigenvalue weighted by atomic mass is 35.5. The topological polar surface area (TPSA) is 98.8 Å². The van der Waals surface area contributed by atoms with Crippen LogP contribution >= 0.6 is 11.6 Å². The molecule has 1 aliphatic rings. The second-order valence-corrected chi connectivity index (χ2v) is 7.01. The number of phenolic OH excluding ortho intramolecular Hbond substituents is 2. The molecule has 7 nitrogen and oxygen atoms in total. The van der Waals surface area contributed by atoms with Gasteiger partial charge in [0.15, 0.2) is 5.78 Å². The van der Waals surface area contributed by atoms with Crippen molar-refractivity contribution in [1.82, 2.24) is 14.7 Å². The van der Waals surface area contributed by atoms with Crippen LogP contribution in [0.2, 0.25) is 5.02 Å². The van der Waals surface area contributed by atoms with Crippen LogP contribution in [0.25, 0.3) is 22.2 Å². The van der Waals surface area contributed by atoms with Crippen LogP contribution in [0.15, 0.2) is 24.3 Å². The van der Waals surface area contributed by atoms with Gasteiger partial charge < -0.3 is 20.2 Å². The molecule has 8 heteroatoms. The molecule has 0 spiro atoms. The number of hydrogen-bond donors (Lipinski definition) is 3. The molecule has 0 atom stereocenters. The first-order valence-electron chi connectivity index (χ1n) is 8.52. The monoisotopic (exact) mass is 387 g/mol. The molecular formula is C19H18ClN3O4. The Balaban J connectivity index is 1.94. The van der Waals surface area contributed by atoms with Crippen LogP contribution in [0, 0.1) is 0 Å². The summed E-state index contributed by atoms with van der Waals surface area (Å²) in [5.41, 5.74) is 1.67. The lowest BCUT2D eigenvalue weighted by Gasteiger charge is -2.17. The summed E-state index contributed by atoms with van der Waals surface area (Å²) in [4.78, 5) is 15.0. The molecule has 0 aliphatic heterocycles. The molecular weight excluding hydrogens is 370 g/mol. The maximum Gasteiger partial charge on any atom is 0.199 e. The number of aromatic nitrogens is 2. The summed E-state index contributed by atoms with van der Waals surface area (Å²) in [6.45, 7) is 1.77. The van der Waals surface area contributed by atoms with Crippen LogP contribution in [-0.2, 0) is 6.54 Å². The zero-order valence-electron chi connectivity index (χ0n) is 14.6. The third-order valence-electron chi connectivity index (χ3n) is 4.90. The molecule has 3 aromatic rings. The highest BCUT2D eigenvalue weighted by Gasteiger charge is 2.34. The van der Waals surface area contributed by atoms with Gasteiger partial charge in [0.2, 0.25) is 0 Å². The molecule has 0 amide bonds. The Morgan fingerprint density at radius 1 is 1.07 bits per heavy atom. The van der Waals surface area contributed by atoms with Crippen molar-refractivity contribution in [2.75, 3.05) is 26.7 Å². The molecule has 0 bridgehead atoms. The smallest absolute Gasteiger partial charge is 0.199 e. The Kier molecular flexibility index (Phi) is 4.30. The van der Waals surface area contributed by atoms with Gasteiger partial charge in [0.05, 0.1) is 40.4 Å². The average Bonchev–Trinajstić information content (AvgIpc) is 3.00. The summed E-state index contributed by atoms with van der Waals surface area (Å²) in [6.07, 6.45) is 0. The second kappa shape index (κ2) is 6.53. The Bertz CT molecular complexity index is 1080. The van der Waals surface area contributed by atoms with Crippen LogP contribution in [0.5, 0.6) is 11.5 Å². The maximum atomic E-state index is 13.0. The van der Waals surface area contributed by atoms with Crippen LogP contribution in [-0.4, -0.2) is 62.5 Å². The van der Waals surface area contributed by atoms with E-state index in [-0.39, 0.29) is 39.8 Å². The standard InChI is InChI=1S/C19H18ClN3O4/c1-22(8-9-24)6-7-23-11-3-2-10(20)14-15(11)18(21-23)16-12(25)4-5-13(26)17(16)19(14)27/h2-5,24-26H,6-9H2,1H3. The van der Waals surface area contributed by atoms with E-state index >= 15 is 0 Å². The van der Waals surface area contributed by atoms with E-state index in [1.807, 2.05) is 11.9 Å². The second-order valence-electron chi connectivity index (χ2n) is 6.60. The highest BCUT2D eigenvalue weighted by Crippen LogP contribution is 2.47. The predicted octanol–water partition coefficient (Wildman–Crippen LogP) is 2.24. The van der Waals surface area contributed by atoms with E-state index in [9.17, 15) is 15.0 Å². The van der Waals surface area contributed by atoms with Crippen molar-refractivity contribution in [3.63, 3.8) is 0 Å². The van der Waals surface area contributed by atoms with E-state index in [0.717, 1.165) is 5.52 Å². The van der Waals surface area contributed by atoms with Crippen molar-refractivity contribution in [3.05, 3.63) is 40.4 Å². The minimum atomic E-state index is -0.432. The molecule has 1 aromatic heterocycles. The number of carbonyl (C=O) groups excluding carboxylic acids is 1. The lowest BCUT2D eigenvalue weighted by molar-refractivity contribution is 0.103. The number of likely N-dealkylation sites (N-methyl/N-ethyl adjacent to an activating group) is 1. The molecule has 0 saturated carbocycles. The van der Waals surface area contributed by atoms with Crippen molar-refractivity contribution in [2.24, 2.45) is 0 Å². The highest BCUT2D eigenvalue weighted by molar-refractivity contribution is 6.39. The fourth-order valence-electron chi connectivity index (χ4n) is 3.54. The molecule has 0 saturated heterocycles. The van der Waals surface area contributed by atoms with E-state index in [4.69, 9.17) is 16.7 Å². The number of hydrogen-bond acceptors (Lipinski definition) is 6. The number of phenols is 2. The van der Waals surface area contributed by atoms with Gasteiger partial charge in [-0.3, -0.25) is 9.48 Å². The first-order valence-corrected chi connectivity index (χ1v) is 8.90. The molecule has 27 heavy (non-hydrogen) atoms. The van der Waals surface area contributed by atoms with Gasteiger partial charge in [-0.25, -0.2) is 0 Å². The number of halogens is 1. The molecule has 0 fully saturated rings. The van der Waals surface area contributed by atoms with Gasteiger partial charge >= 0.3 is 0 Å². The molecule has 4 rings (SSSR count). The number of aliphatic hydroxyl groups excluding tert-OH is 1. The maximum absolute atomic E-state index is 13.0. The predicted molar refractivity (Wildman–Crippen MR) is 102 cm³/mol. The van der Waals surface area contributed by atoms with Gasteiger partial charge in [0.1, 0.15) is 17.2 Å². The number of rotatable bonds is 5. The van der Waals surface area contributed by atoms with Gasteiger partial charge in [-0.05, 0) is 31.3 Å². The van der Waals surface area contributed by atoms with E-state index in [1.54, 1.807) is 16.8 Å². The van der Waals surface area contributed by atoms with E-state index in [1.165, 1.54) is 12.1 Å². The number of aliphatic hydroxyl groups is 1. The first kappa shape index (κ1) is 17.8. The Labute approximate surface area is 160 Å². The number of nitrogens with zero attached hydrogens (tertiary/aromatic N) is 3. The minimum absolute atomic E-state index is 0.0135. The van der Waals surface area contributed by atoms with Crippen molar-refractivity contribution in [3.8, 4) is 22.8 Å². The van der Waals surface area contributed by atoms with Crippen LogP contribution < -0.4 is 0 Å². The zero-order chi connectivity index (χ0) is 19.3. The van der Waals surface area contributed by atoms with Crippen LogP contribution in [0.4, 0.5) is 0 Å². The number of benzene rings is 2. The number of carbonyl (C=O) groups is 1. The Hall–Kier alpha value is -2.61. The van der Waals surface area contributed by atoms with Crippen LogP contribution in [0.3, 0.4) is 0 Å². The summed E-state index contributed by atoms with van der Waals surface area (Å²) in [7, 11) is 1.89. The third kappa shape index (κ3) is 2.66. The molecule has 3 N–H and O–H groups in total. The van der Waals surface area contributed by atoms with Gasteiger partial charge in [0.25, 0.3) is 0 Å². The zero-order valence-corrected chi connectivity index (χ0v) is 15.4. The lowest BCUT2D eigenvalue weighted by atomic mass is 9.86. The fraction of sp³-hybridized carbons (Fsp3) is 0.263. The Morgan fingerprint density at radius 3 is 2.48 bits per heavy atom. The molecule has 140 valence electrons. The first-order chi connectivity index (χ1) is 12.9.